The first-order valence-corrected chi connectivity index (χ1v) is 13.5. The molecule has 37 heavy (non-hydrogen) atoms. The zero-order chi connectivity index (χ0) is 25.6. The molecule has 1 amide bonds. The number of rotatable bonds is 6. The molecule has 1 saturated heterocycles. The Bertz CT molecular complexity index is 1350. The summed E-state index contributed by atoms with van der Waals surface area (Å²) in [5.74, 6) is 2.16. The summed E-state index contributed by atoms with van der Waals surface area (Å²) < 4.78 is 13.9. The molecule has 1 aromatic carbocycles. The molecular formula is C28H34N6O3. The van der Waals surface area contributed by atoms with Gasteiger partial charge in [0.15, 0.2) is 5.82 Å². The molecule has 2 aliphatic carbocycles. The van der Waals surface area contributed by atoms with Crippen molar-refractivity contribution in [2.24, 2.45) is 5.92 Å². The van der Waals surface area contributed by atoms with Gasteiger partial charge in [-0.05, 0) is 76.5 Å². The van der Waals surface area contributed by atoms with E-state index in [2.05, 4.69) is 34.6 Å². The molecule has 2 saturated carbocycles. The molecule has 0 bridgehead atoms. The van der Waals surface area contributed by atoms with Gasteiger partial charge in [0.25, 0.3) is 0 Å². The van der Waals surface area contributed by atoms with Crippen molar-refractivity contribution in [1.82, 2.24) is 24.6 Å². The van der Waals surface area contributed by atoms with Gasteiger partial charge in [-0.25, -0.2) is 9.78 Å². The standard InChI is InChI=1S/C28H34N6O3/c1-27(2,25-31-24(32-37-25)21-7-3-4-8-21)16-34-17-28(36-26(34)35)11-5-6-20(13-28)15-33-18-30-22-10-9-19(14-29)12-23(22)33/h9-10,12,18,20-21H,3-8,11,13,15-17H2,1-2H3/t20-,28?/m0/s1. The number of hydrogen-bond donors (Lipinski definition) is 0. The van der Waals surface area contributed by atoms with Gasteiger partial charge in [-0.3, -0.25) is 0 Å². The van der Waals surface area contributed by atoms with Gasteiger partial charge >= 0.3 is 6.09 Å². The lowest BCUT2D eigenvalue weighted by molar-refractivity contribution is 0.00413. The fourth-order valence-corrected chi connectivity index (χ4v) is 6.60. The third kappa shape index (κ3) is 4.58. The summed E-state index contributed by atoms with van der Waals surface area (Å²) in [5, 5.41) is 13.6. The summed E-state index contributed by atoms with van der Waals surface area (Å²) >= 11 is 0. The van der Waals surface area contributed by atoms with Gasteiger partial charge in [-0.2, -0.15) is 10.2 Å². The zero-order valence-corrected chi connectivity index (χ0v) is 21.7. The van der Waals surface area contributed by atoms with Gasteiger partial charge in [0.05, 0.1) is 41.0 Å². The highest BCUT2D eigenvalue weighted by atomic mass is 16.6. The van der Waals surface area contributed by atoms with Crippen LogP contribution >= 0.6 is 0 Å². The Morgan fingerprint density at radius 2 is 2.05 bits per heavy atom. The molecule has 3 aromatic rings. The lowest BCUT2D eigenvalue weighted by Gasteiger charge is -2.36. The van der Waals surface area contributed by atoms with Gasteiger partial charge in [-0.1, -0.05) is 18.0 Å². The number of aromatic nitrogens is 4. The third-order valence-corrected chi connectivity index (χ3v) is 8.48. The van der Waals surface area contributed by atoms with Crippen LogP contribution in [-0.4, -0.2) is 49.4 Å². The van der Waals surface area contributed by atoms with Crippen molar-refractivity contribution in [3.63, 3.8) is 0 Å². The number of nitrogens with zero attached hydrogens (tertiary/aromatic N) is 6. The predicted molar refractivity (Wildman–Crippen MR) is 136 cm³/mol. The minimum atomic E-state index is -0.464. The lowest BCUT2D eigenvalue weighted by atomic mass is 9.77. The van der Waals surface area contributed by atoms with Gasteiger partial charge < -0.3 is 18.7 Å². The van der Waals surface area contributed by atoms with Crippen LogP contribution in [0.25, 0.3) is 11.0 Å². The smallest absolute Gasteiger partial charge is 0.410 e. The van der Waals surface area contributed by atoms with Crippen molar-refractivity contribution >= 4 is 17.1 Å². The minimum absolute atomic E-state index is 0.254. The van der Waals surface area contributed by atoms with Crippen LogP contribution < -0.4 is 0 Å². The summed E-state index contributed by atoms with van der Waals surface area (Å²) in [6.45, 7) is 5.97. The van der Waals surface area contributed by atoms with Crippen molar-refractivity contribution in [3.8, 4) is 6.07 Å². The van der Waals surface area contributed by atoms with Crippen LogP contribution in [-0.2, 0) is 16.7 Å². The third-order valence-electron chi connectivity index (χ3n) is 8.48. The minimum Gasteiger partial charge on any atom is -0.441 e. The second-order valence-corrected chi connectivity index (χ2v) is 11.9. The van der Waals surface area contributed by atoms with Crippen molar-refractivity contribution < 1.29 is 14.1 Å². The van der Waals surface area contributed by atoms with Crippen molar-refractivity contribution in [3.05, 3.63) is 41.8 Å². The highest BCUT2D eigenvalue weighted by molar-refractivity contribution is 5.77. The Morgan fingerprint density at radius 1 is 1.22 bits per heavy atom. The molecule has 2 aromatic heterocycles. The quantitative estimate of drug-likeness (QED) is 0.449. The second-order valence-electron chi connectivity index (χ2n) is 11.9. The Morgan fingerprint density at radius 3 is 2.86 bits per heavy atom. The average Bonchev–Trinajstić information content (AvgIpc) is 3.67. The van der Waals surface area contributed by atoms with E-state index in [9.17, 15) is 10.1 Å². The molecule has 3 fully saturated rings. The highest BCUT2D eigenvalue weighted by Crippen LogP contribution is 2.42. The molecule has 2 atom stereocenters. The Balaban J connectivity index is 1.13. The van der Waals surface area contributed by atoms with E-state index in [0.717, 1.165) is 61.9 Å². The fraction of sp³-hybridized carbons (Fsp3) is 0.607. The molecule has 0 N–H and O–H groups in total. The van der Waals surface area contributed by atoms with E-state index in [0.29, 0.717) is 36.4 Å². The second kappa shape index (κ2) is 9.16. The number of carbonyl (C=O) groups is 1. The van der Waals surface area contributed by atoms with Gasteiger partial charge in [0.1, 0.15) is 5.60 Å². The van der Waals surface area contributed by atoms with E-state index in [4.69, 9.17) is 14.2 Å². The largest absolute Gasteiger partial charge is 0.441 e. The van der Waals surface area contributed by atoms with Crippen LogP contribution in [0.1, 0.15) is 88.4 Å². The van der Waals surface area contributed by atoms with E-state index in [1.54, 1.807) is 6.07 Å². The van der Waals surface area contributed by atoms with Crippen LogP contribution in [0.4, 0.5) is 4.79 Å². The summed E-state index contributed by atoms with van der Waals surface area (Å²) in [7, 11) is 0. The number of ether oxygens (including phenoxy) is 1. The predicted octanol–water partition coefficient (Wildman–Crippen LogP) is 5.31. The van der Waals surface area contributed by atoms with Gasteiger partial charge in [-0.15, -0.1) is 0 Å². The SMILES string of the molecule is CC(C)(CN1CC2(CCC[C@H](Cn3cnc4ccc(C#N)cc43)C2)OC1=O)c1nc(C2CCCC2)no1. The van der Waals surface area contributed by atoms with E-state index in [1.165, 1.54) is 12.8 Å². The van der Waals surface area contributed by atoms with E-state index in [1.807, 2.05) is 23.4 Å². The van der Waals surface area contributed by atoms with Crippen LogP contribution in [0.5, 0.6) is 0 Å². The van der Waals surface area contributed by atoms with Crippen molar-refractivity contribution in [2.45, 2.75) is 88.7 Å². The Labute approximate surface area is 216 Å². The average molecular weight is 503 g/mol. The maximum atomic E-state index is 13.0. The molecule has 194 valence electrons. The monoisotopic (exact) mass is 502 g/mol. The first-order valence-electron chi connectivity index (χ1n) is 13.5. The summed E-state index contributed by atoms with van der Waals surface area (Å²) in [4.78, 5) is 24.1. The maximum absolute atomic E-state index is 13.0. The number of hydrogen-bond acceptors (Lipinski definition) is 7. The fourth-order valence-electron chi connectivity index (χ4n) is 6.60. The molecule has 6 rings (SSSR count). The molecule has 1 unspecified atom stereocenters. The van der Waals surface area contributed by atoms with Gasteiger partial charge in [0, 0.05) is 19.0 Å². The number of nitriles is 1. The highest BCUT2D eigenvalue weighted by Gasteiger charge is 2.49. The maximum Gasteiger partial charge on any atom is 0.410 e. The molecule has 0 radical (unpaired) electrons. The number of imidazole rings is 1. The van der Waals surface area contributed by atoms with Crippen LogP contribution in [0.3, 0.4) is 0 Å². The lowest BCUT2D eigenvalue weighted by Crippen LogP contribution is -2.43. The molecule has 3 aliphatic rings. The normalized spacial score (nSPS) is 24.7. The molecule has 1 spiro atoms. The van der Waals surface area contributed by atoms with Gasteiger partial charge in [0.2, 0.25) is 5.89 Å². The summed E-state index contributed by atoms with van der Waals surface area (Å²) in [6, 6.07) is 7.81. The zero-order valence-electron chi connectivity index (χ0n) is 21.7. The van der Waals surface area contributed by atoms with Crippen LogP contribution in [0.2, 0.25) is 0 Å². The first kappa shape index (κ1) is 24.0. The summed E-state index contributed by atoms with van der Waals surface area (Å²) in [6.07, 6.45) is 10.1. The summed E-state index contributed by atoms with van der Waals surface area (Å²) in [5.41, 5.74) is 1.57. The molecule has 9 nitrogen and oxygen atoms in total. The van der Waals surface area contributed by atoms with Crippen molar-refractivity contribution in [2.75, 3.05) is 13.1 Å². The van der Waals surface area contributed by atoms with Crippen molar-refractivity contribution in [1.29, 1.82) is 5.26 Å². The van der Waals surface area contributed by atoms with E-state index in [-0.39, 0.29) is 6.09 Å². The Kier molecular flexibility index (Phi) is 5.93. The number of carbonyl (C=O) groups excluding carboxylic acids is 1. The molecular weight excluding hydrogens is 468 g/mol. The topological polar surface area (TPSA) is 110 Å². The number of fused-ring (bicyclic) bond motifs is 1. The molecule has 3 heterocycles. The number of benzene rings is 1. The molecule has 9 heteroatoms. The first-order chi connectivity index (χ1) is 17.8. The van der Waals surface area contributed by atoms with E-state index >= 15 is 0 Å². The van der Waals surface area contributed by atoms with Crippen LogP contribution in [0, 0.1) is 17.2 Å². The Hall–Kier alpha value is -3.41. The van der Waals surface area contributed by atoms with E-state index < -0.39 is 11.0 Å². The van der Waals surface area contributed by atoms with Crippen LogP contribution in [0.15, 0.2) is 29.0 Å². The number of amides is 1. The molecule has 1 aliphatic heterocycles.